The van der Waals surface area contributed by atoms with Crippen molar-refractivity contribution in [3.63, 3.8) is 0 Å². The molecule has 2 saturated heterocycles. The molecule has 8 rings (SSSR count). The van der Waals surface area contributed by atoms with E-state index in [1.54, 1.807) is 34.5 Å². The highest BCUT2D eigenvalue weighted by Crippen LogP contribution is 2.36. The predicted molar refractivity (Wildman–Crippen MR) is 267 cm³/mol. The van der Waals surface area contributed by atoms with Crippen LogP contribution in [-0.4, -0.2) is 165 Å². The Hall–Kier alpha value is -6.07. The number of hydrogen-bond donors (Lipinski definition) is 3. The molecule has 4 aromatic carbocycles. The van der Waals surface area contributed by atoms with Crippen LogP contribution in [-0.2, 0) is 0 Å². The number of aromatic nitrogens is 4. The lowest BCUT2D eigenvalue weighted by molar-refractivity contribution is 0.356. The molecule has 6 aromatic rings. The van der Waals surface area contributed by atoms with Gasteiger partial charge in [0.15, 0.2) is 23.0 Å². The van der Waals surface area contributed by atoms with E-state index in [0.717, 1.165) is 107 Å². The van der Waals surface area contributed by atoms with Crippen LogP contribution in [0, 0.1) is 0 Å². The van der Waals surface area contributed by atoms with Crippen molar-refractivity contribution < 1.29 is 18.9 Å². The lowest BCUT2D eigenvalue weighted by Gasteiger charge is -2.36. The van der Waals surface area contributed by atoms with Crippen molar-refractivity contribution in [3.05, 3.63) is 90.2 Å². The molecule has 0 spiro atoms. The minimum Gasteiger partial charge on any atom is -0.493 e. The molecular formula is C48H65ClN12O4. The Bertz CT molecular complexity index is 2380. The normalized spacial score (nSPS) is 13.8. The number of ether oxygens (including phenoxy) is 4. The van der Waals surface area contributed by atoms with E-state index in [-0.39, 0.29) is 5.28 Å². The summed E-state index contributed by atoms with van der Waals surface area (Å²) in [5, 5.41) is 12.1. The minimum atomic E-state index is 0.196. The summed E-state index contributed by atoms with van der Waals surface area (Å²) in [5.41, 5.74) is 4.15. The SMILES string of the molecule is COc1cc2nc(Cl)nc(NCCN(C)C)c2cc1OC.COc1cc2nc(N3CCN(c4ccccc4)CC3)nc(NCCN(C)C)c2cc1OC.c1ccc(N2CCNCC2)cc1. The lowest BCUT2D eigenvalue weighted by Crippen LogP contribution is -2.47. The highest BCUT2D eigenvalue weighted by Gasteiger charge is 2.22. The zero-order valence-corrected chi connectivity index (χ0v) is 39.9. The minimum absolute atomic E-state index is 0.196. The molecule has 65 heavy (non-hydrogen) atoms. The number of anilines is 5. The molecule has 2 aliphatic rings. The Kier molecular flexibility index (Phi) is 18.1. The number of nitrogens with one attached hydrogen (secondary N) is 3. The van der Waals surface area contributed by atoms with Crippen LogP contribution in [0.15, 0.2) is 84.9 Å². The van der Waals surface area contributed by atoms with Gasteiger partial charge in [-0.05, 0) is 76.2 Å². The molecule has 0 atom stereocenters. The fraction of sp³-hybridized carbons (Fsp3) is 0.417. The average Bonchev–Trinajstić information content (AvgIpc) is 3.34. The van der Waals surface area contributed by atoms with Crippen molar-refractivity contribution in [1.82, 2.24) is 35.1 Å². The van der Waals surface area contributed by atoms with Crippen molar-refractivity contribution in [2.24, 2.45) is 0 Å². The molecule has 0 unspecified atom stereocenters. The third-order valence-electron chi connectivity index (χ3n) is 11.0. The number of likely N-dealkylation sites (N-methyl/N-ethyl adjacent to an activating group) is 2. The molecule has 2 fully saturated rings. The maximum absolute atomic E-state index is 5.99. The van der Waals surface area contributed by atoms with E-state index in [1.165, 1.54) is 11.4 Å². The van der Waals surface area contributed by atoms with E-state index < -0.39 is 0 Å². The second kappa shape index (κ2) is 24.3. The van der Waals surface area contributed by atoms with Crippen LogP contribution in [0.3, 0.4) is 0 Å². The summed E-state index contributed by atoms with van der Waals surface area (Å²) >= 11 is 5.99. The number of nitrogens with zero attached hydrogens (tertiary/aromatic N) is 9. The van der Waals surface area contributed by atoms with Crippen LogP contribution in [0.4, 0.5) is 29.0 Å². The summed E-state index contributed by atoms with van der Waals surface area (Å²) in [6, 6.07) is 28.7. The summed E-state index contributed by atoms with van der Waals surface area (Å²) in [6.45, 7) is 11.4. The van der Waals surface area contributed by atoms with Crippen molar-refractivity contribution in [3.8, 4) is 23.0 Å². The van der Waals surface area contributed by atoms with E-state index in [2.05, 4.69) is 125 Å². The van der Waals surface area contributed by atoms with Gasteiger partial charge < -0.3 is 59.4 Å². The van der Waals surface area contributed by atoms with Gasteiger partial charge in [0.25, 0.3) is 0 Å². The summed E-state index contributed by atoms with van der Waals surface area (Å²) in [5.74, 6) is 4.82. The van der Waals surface area contributed by atoms with Crippen molar-refractivity contribution in [1.29, 1.82) is 0 Å². The van der Waals surface area contributed by atoms with Crippen molar-refractivity contribution >= 4 is 62.4 Å². The van der Waals surface area contributed by atoms with E-state index in [9.17, 15) is 0 Å². The third kappa shape index (κ3) is 13.5. The van der Waals surface area contributed by atoms with Crippen LogP contribution >= 0.6 is 11.6 Å². The van der Waals surface area contributed by atoms with Gasteiger partial charge in [-0.1, -0.05) is 36.4 Å². The monoisotopic (exact) mass is 908 g/mol. The molecule has 348 valence electrons. The molecule has 0 radical (unpaired) electrons. The van der Waals surface area contributed by atoms with Gasteiger partial charge in [-0.25, -0.2) is 15.0 Å². The molecule has 0 bridgehead atoms. The van der Waals surface area contributed by atoms with Crippen LogP contribution in [0.2, 0.25) is 5.28 Å². The summed E-state index contributed by atoms with van der Waals surface area (Å²) in [4.78, 5) is 29.6. The van der Waals surface area contributed by atoms with E-state index in [1.807, 2.05) is 32.3 Å². The average molecular weight is 910 g/mol. The number of piperazine rings is 2. The van der Waals surface area contributed by atoms with Crippen LogP contribution < -0.4 is 49.6 Å². The smallest absolute Gasteiger partial charge is 0.228 e. The second-order valence-corrected chi connectivity index (χ2v) is 16.3. The number of hydrogen-bond acceptors (Lipinski definition) is 16. The maximum Gasteiger partial charge on any atom is 0.228 e. The van der Waals surface area contributed by atoms with E-state index in [4.69, 9.17) is 40.5 Å². The Morgan fingerprint density at radius 2 is 0.954 bits per heavy atom. The molecule has 17 heteroatoms. The van der Waals surface area contributed by atoms with E-state index in [0.29, 0.717) is 34.3 Å². The van der Waals surface area contributed by atoms with Gasteiger partial charge in [0.1, 0.15) is 11.6 Å². The number of fused-ring (bicyclic) bond motifs is 2. The fourth-order valence-corrected chi connectivity index (χ4v) is 7.62. The summed E-state index contributed by atoms with van der Waals surface area (Å²) in [7, 11) is 14.6. The maximum atomic E-state index is 5.99. The topological polar surface area (TPSA) is 141 Å². The largest absolute Gasteiger partial charge is 0.493 e. The first-order valence-corrected chi connectivity index (χ1v) is 22.3. The van der Waals surface area contributed by atoms with Gasteiger partial charge in [0, 0.05) is 113 Å². The van der Waals surface area contributed by atoms with Crippen molar-refractivity contribution in [2.45, 2.75) is 0 Å². The molecular weight excluding hydrogens is 844 g/mol. The lowest BCUT2D eigenvalue weighted by atomic mass is 10.2. The Morgan fingerprint density at radius 3 is 1.42 bits per heavy atom. The number of para-hydroxylation sites is 2. The van der Waals surface area contributed by atoms with Gasteiger partial charge in [0.2, 0.25) is 11.2 Å². The molecule has 2 aromatic heterocycles. The van der Waals surface area contributed by atoms with Crippen molar-refractivity contribution in [2.75, 3.05) is 161 Å². The van der Waals surface area contributed by atoms with Crippen LogP contribution in [0.1, 0.15) is 0 Å². The van der Waals surface area contributed by atoms with Gasteiger partial charge >= 0.3 is 0 Å². The molecule has 3 N–H and O–H groups in total. The molecule has 4 heterocycles. The zero-order chi connectivity index (χ0) is 46.1. The molecule has 2 aliphatic heterocycles. The highest BCUT2D eigenvalue weighted by atomic mass is 35.5. The highest BCUT2D eigenvalue weighted by molar-refractivity contribution is 6.28. The van der Waals surface area contributed by atoms with Gasteiger partial charge in [-0.3, -0.25) is 0 Å². The van der Waals surface area contributed by atoms with Crippen LogP contribution in [0.5, 0.6) is 23.0 Å². The summed E-state index contributed by atoms with van der Waals surface area (Å²) in [6.07, 6.45) is 0. The molecule has 0 amide bonds. The Labute approximate surface area is 388 Å². The predicted octanol–water partition coefficient (Wildman–Crippen LogP) is 6.32. The van der Waals surface area contributed by atoms with Gasteiger partial charge in [-0.2, -0.15) is 4.98 Å². The molecule has 0 aliphatic carbocycles. The Balaban J connectivity index is 0.000000181. The first kappa shape index (κ1) is 48.4. The number of benzene rings is 4. The van der Waals surface area contributed by atoms with E-state index >= 15 is 0 Å². The first-order valence-electron chi connectivity index (χ1n) is 22.0. The number of halogens is 1. The van der Waals surface area contributed by atoms with Gasteiger partial charge in [0.05, 0.1) is 39.5 Å². The molecule has 0 saturated carbocycles. The third-order valence-corrected chi connectivity index (χ3v) is 11.2. The standard InChI is InChI=1S/C24H32N6O2.C14H19ClN4O2.C10H14N2/c1-28(2)11-10-25-23-19-16-21(31-3)22(32-4)17-20(19)26-24(27-23)30-14-12-29(13-15-30)18-8-6-5-7-9-18;1-19(2)6-5-16-13-9-7-11(20-3)12(21-4)8-10(9)17-14(15)18-13;1-2-4-10(5-3-1)12-8-6-11-7-9-12/h5-9,16-17H,10-15H2,1-4H3,(H,25,26,27);7-8H,5-6H2,1-4H3,(H,16,17,18);1-5,11H,6-9H2. The number of methoxy groups -OCH3 is 4. The molecule has 16 nitrogen and oxygen atoms in total. The fourth-order valence-electron chi connectivity index (χ4n) is 7.44. The quantitative estimate of drug-likeness (QED) is 0.0990. The Morgan fingerprint density at radius 1 is 0.538 bits per heavy atom. The summed E-state index contributed by atoms with van der Waals surface area (Å²) < 4.78 is 21.6. The van der Waals surface area contributed by atoms with Gasteiger partial charge in [-0.15, -0.1) is 0 Å². The first-order chi connectivity index (χ1) is 31.6. The number of rotatable bonds is 15. The second-order valence-electron chi connectivity index (χ2n) is 16.0. The zero-order valence-electron chi connectivity index (χ0n) is 39.1. The van der Waals surface area contributed by atoms with Crippen LogP contribution in [0.25, 0.3) is 21.8 Å².